The van der Waals surface area contributed by atoms with Gasteiger partial charge in [-0.2, -0.15) is 13.2 Å². The molecule has 0 aromatic heterocycles. The first-order chi connectivity index (χ1) is 9.78. The van der Waals surface area contributed by atoms with Gasteiger partial charge in [0.1, 0.15) is 6.61 Å². The lowest BCUT2D eigenvalue weighted by Crippen LogP contribution is -2.19. The molecule has 0 heterocycles. The highest BCUT2D eigenvalue weighted by Crippen LogP contribution is 2.19. The molecule has 0 aliphatic carbocycles. The maximum absolute atomic E-state index is 11.9. The van der Waals surface area contributed by atoms with Crippen LogP contribution in [0.15, 0.2) is 24.3 Å². The van der Waals surface area contributed by atoms with Gasteiger partial charge in [0.25, 0.3) is 0 Å². The van der Waals surface area contributed by atoms with Crippen molar-refractivity contribution in [1.29, 1.82) is 0 Å². The Morgan fingerprint density at radius 3 is 2.67 bits per heavy atom. The molecule has 1 unspecified atom stereocenters. The fourth-order valence-corrected chi connectivity index (χ4v) is 2.09. The number of carboxylic acids is 1. The standard InChI is InChI=1S/C14H16ClF3O3/c15-12-5-1-3-10(8-12)7-11(13(19)20)4-2-6-21-9-14(16,17)18/h1,3,5,8,11H,2,4,6-7,9H2,(H,19,20). The minimum absolute atomic E-state index is 0.112. The smallest absolute Gasteiger partial charge is 0.411 e. The summed E-state index contributed by atoms with van der Waals surface area (Å²) in [5.74, 6) is -1.65. The molecule has 21 heavy (non-hydrogen) atoms. The number of rotatable bonds is 8. The summed E-state index contributed by atoms with van der Waals surface area (Å²) in [4.78, 5) is 11.2. The third kappa shape index (κ3) is 7.92. The maximum atomic E-state index is 11.9. The monoisotopic (exact) mass is 324 g/mol. The Labute approximate surface area is 125 Å². The predicted octanol–water partition coefficient (Wildman–Crippen LogP) is 3.94. The van der Waals surface area contributed by atoms with Gasteiger partial charge in [0.15, 0.2) is 0 Å². The summed E-state index contributed by atoms with van der Waals surface area (Å²) in [5, 5.41) is 9.65. The number of hydrogen-bond acceptors (Lipinski definition) is 2. The van der Waals surface area contributed by atoms with Crippen LogP contribution in [-0.2, 0) is 16.0 Å². The summed E-state index contributed by atoms with van der Waals surface area (Å²) < 4.78 is 40.0. The van der Waals surface area contributed by atoms with Gasteiger partial charge in [-0.1, -0.05) is 23.7 Å². The van der Waals surface area contributed by atoms with E-state index in [0.717, 1.165) is 5.56 Å². The number of halogens is 4. The molecule has 0 spiro atoms. The van der Waals surface area contributed by atoms with Crippen molar-refractivity contribution in [2.75, 3.05) is 13.2 Å². The van der Waals surface area contributed by atoms with Crippen LogP contribution in [0.3, 0.4) is 0 Å². The van der Waals surface area contributed by atoms with E-state index >= 15 is 0 Å². The average molecular weight is 325 g/mol. The Morgan fingerprint density at radius 1 is 1.38 bits per heavy atom. The van der Waals surface area contributed by atoms with E-state index in [1.165, 1.54) is 0 Å². The fraction of sp³-hybridized carbons (Fsp3) is 0.500. The first-order valence-electron chi connectivity index (χ1n) is 6.39. The fourth-order valence-electron chi connectivity index (χ4n) is 1.88. The second-order valence-electron chi connectivity index (χ2n) is 4.68. The molecular formula is C14H16ClF3O3. The van der Waals surface area contributed by atoms with Crippen molar-refractivity contribution < 1.29 is 27.8 Å². The Hall–Kier alpha value is -1.27. The lowest BCUT2D eigenvalue weighted by Gasteiger charge is -2.13. The lowest BCUT2D eigenvalue weighted by atomic mass is 9.95. The number of hydrogen-bond donors (Lipinski definition) is 1. The third-order valence-corrected chi connectivity index (χ3v) is 3.06. The summed E-state index contributed by atoms with van der Waals surface area (Å²) in [7, 11) is 0. The van der Waals surface area contributed by atoms with Crippen LogP contribution < -0.4 is 0 Å². The molecule has 0 amide bonds. The molecule has 0 fully saturated rings. The minimum Gasteiger partial charge on any atom is -0.481 e. The van der Waals surface area contributed by atoms with Crippen LogP contribution in [0.1, 0.15) is 18.4 Å². The highest BCUT2D eigenvalue weighted by molar-refractivity contribution is 6.30. The molecule has 1 N–H and O–H groups in total. The summed E-state index contributed by atoms with van der Waals surface area (Å²) in [6.45, 7) is -1.42. The molecule has 1 rings (SSSR count). The molecule has 0 aliphatic rings. The Bertz CT molecular complexity index is 463. The van der Waals surface area contributed by atoms with Crippen LogP contribution in [0.4, 0.5) is 13.2 Å². The number of ether oxygens (including phenoxy) is 1. The quantitative estimate of drug-likeness (QED) is 0.737. The summed E-state index contributed by atoms with van der Waals surface area (Å²) in [6, 6.07) is 6.86. The SMILES string of the molecule is O=C(O)C(CCCOCC(F)(F)F)Cc1cccc(Cl)c1. The van der Waals surface area contributed by atoms with Gasteiger partial charge in [-0.05, 0) is 37.0 Å². The van der Waals surface area contributed by atoms with Crippen molar-refractivity contribution in [3.63, 3.8) is 0 Å². The highest BCUT2D eigenvalue weighted by Gasteiger charge is 2.27. The minimum atomic E-state index is -4.35. The second kappa shape index (κ2) is 8.24. The van der Waals surface area contributed by atoms with E-state index in [1.54, 1.807) is 24.3 Å². The normalized spacial score (nSPS) is 13.1. The van der Waals surface area contributed by atoms with E-state index in [-0.39, 0.29) is 25.9 Å². The van der Waals surface area contributed by atoms with Gasteiger partial charge < -0.3 is 9.84 Å². The first kappa shape index (κ1) is 17.8. The van der Waals surface area contributed by atoms with Crippen molar-refractivity contribution in [3.05, 3.63) is 34.9 Å². The van der Waals surface area contributed by atoms with Gasteiger partial charge in [-0.3, -0.25) is 4.79 Å². The van der Waals surface area contributed by atoms with E-state index in [9.17, 15) is 18.0 Å². The van der Waals surface area contributed by atoms with E-state index in [4.69, 9.17) is 16.7 Å². The largest absolute Gasteiger partial charge is 0.481 e. The molecule has 1 atom stereocenters. The number of carbonyl (C=O) groups is 1. The van der Waals surface area contributed by atoms with Gasteiger partial charge in [-0.25, -0.2) is 0 Å². The highest BCUT2D eigenvalue weighted by atomic mass is 35.5. The molecule has 0 radical (unpaired) electrons. The van der Waals surface area contributed by atoms with Gasteiger partial charge in [-0.15, -0.1) is 0 Å². The van der Waals surface area contributed by atoms with Crippen LogP contribution in [0, 0.1) is 5.92 Å². The molecule has 0 bridgehead atoms. The summed E-state index contributed by atoms with van der Waals surface area (Å²) >= 11 is 5.82. The van der Waals surface area contributed by atoms with E-state index in [0.29, 0.717) is 5.02 Å². The molecule has 3 nitrogen and oxygen atoms in total. The van der Waals surface area contributed by atoms with Gasteiger partial charge in [0, 0.05) is 11.6 Å². The van der Waals surface area contributed by atoms with Crippen molar-refractivity contribution in [2.24, 2.45) is 5.92 Å². The number of carboxylic acid groups (broad SMARTS) is 1. The van der Waals surface area contributed by atoms with E-state index < -0.39 is 24.7 Å². The number of alkyl halides is 3. The molecule has 0 saturated heterocycles. The molecule has 0 aliphatic heterocycles. The van der Waals surface area contributed by atoms with Crippen molar-refractivity contribution in [3.8, 4) is 0 Å². The van der Waals surface area contributed by atoms with Crippen LogP contribution in [0.25, 0.3) is 0 Å². The van der Waals surface area contributed by atoms with Gasteiger partial charge in [0.05, 0.1) is 5.92 Å². The topological polar surface area (TPSA) is 46.5 Å². The second-order valence-corrected chi connectivity index (χ2v) is 5.12. The zero-order valence-electron chi connectivity index (χ0n) is 11.2. The van der Waals surface area contributed by atoms with Crippen molar-refractivity contribution in [2.45, 2.75) is 25.4 Å². The van der Waals surface area contributed by atoms with Crippen molar-refractivity contribution >= 4 is 17.6 Å². The van der Waals surface area contributed by atoms with Gasteiger partial charge >= 0.3 is 12.1 Å². The lowest BCUT2D eigenvalue weighted by molar-refractivity contribution is -0.174. The Balaban J connectivity index is 2.39. The molecule has 1 aromatic carbocycles. The Kier molecular flexibility index (Phi) is 6.98. The molecule has 0 saturated carbocycles. The summed E-state index contributed by atoms with van der Waals surface area (Å²) in [6.07, 6.45) is -3.56. The van der Waals surface area contributed by atoms with Crippen LogP contribution in [0.5, 0.6) is 0 Å². The number of benzene rings is 1. The number of aliphatic carboxylic acids is 1. The van der Waals surface area contributed by atoms with E-state index in [2.05, 4.69) is 4.74 Å². The predicted molar refractivity (Wildman–Crippen MR) is 72.4 cm³/mol. The van der Waals surface area contributed by atoms with E-state index in [1.807, 2.05) is 0 Å². The van der Waals surface area contributed by atoms with Crippen LogP contribution in [-0.4, -0.2) is 30.5 Å². The Morgan fingerprint density at radius 2 is 2.10 bits per heavy atom. The van der Waals surface area contributed by atoms with Gasteiger partial charge in [0.2, 0.25) is 0 Å². The maximum Gasteiger partial charge on any atom is 0.411 e. The van der Waals surface area contributed by atoms with Crippen LogP contribution in [0.2, 0.25) is 5.02 Å². The summed E-state index contributed by atoms with van der Waals surface area (Å²) in [5.41, 5.74) is 0.783. The van der Waals surface area contributed by atoms with Crippen LogP contribution >= 0.6 is 11.6 Å². The van der Waals surface area contributed by atoms with Crippen molar-refractivity contribution in [1.82, 2.24) is 0 Å². The zero-order valence-corrected chi connectivity index (χ0v) is 12.0. The molecular weight excluding hydrogens is 309 g/mol. The first-order valence-corrected chi connectivity index (χ1v) is 6.77. The third-order valence-electron chi connectivity index (χ3n) is 2.83. The molecule has 7 heteroatoms. The zero-order chi connectivity index (χ0) is 15.9. The molecule has 118 valence electrons. The molecule has 1 aromatic rings. The average Bonchev–Trinajstić information content (AvgIpc) is 2.35.